The van der Waals surface area contributed by atoms with Crippen molar-refractivity contribution in [1.29, 1.82) is 0 Å². The van der Waals surface area contributed by atoms with Crippen LogP contribution in [-0.4, -0.2) is 23.5 Å². The lowest BCUT2D eigenvalue weighted by Crippen LogP contribution is -2.42. The number of amides is 1. The highest BCUT2D eigenvalue weighted by Crippen LogP contribution is 2.11. The monoisotopic (exact) mass is 281 g/mol. The van der Waals surface area contributed by atoms with E-state index in [-0.39, 0.29) is 5.56 Å². The first-order valence-corrected chi connectivity index (χ1v) is 6.40. The molecule has 0 saturated carbocycles. The zero-order valence-electron chi connectivity index (χ0n) is 12.4. The zero-order chi connectivity index (χ0) is 15.5. The maximum atomic E-state index is 13.6. The molecule has 0 aromatic heterocycles. The number of nitrogens with one attached hydrogen (secondary N) is 1. The van der Waals surface area contributed by atoms with Crippen LogP contribution in [0, 0.1) is 12.7 Å². The van der Waals surface area contributed by atoms with Crippen LogP contribution in [0.15, 0.2) is 18.2 Å². The van der Waals surface area contributed by atoms with Gasteiger partial charge in [-0.3, -0.25) is 4.79 Å². The largest absolute Gasteiger partial charge is 0.458 e. The van der Waals surface area contributed by atoms with Crippen molar-refractivity contribution < 1.29 is 18.7 Å². The lowest BCUT2D eigenvalue weighted by Gasteiger charge is -2.22. The highest BCUT2D eigenvalue weighted by molar-refractivity contribution is 5.97. The number of benzene rings is 1. The number of hydrogen-bond donors (Lipinski definition) is 1. The second-order valence-electron chi connectivity index (χ2n) is 5.71. The van der Waals surface area contributed by atoms with Crippen LogP contribution in [0.2, 0.25) is 0 Å². The molecule has 1 rings (SSSR count). The van der Waals surface area contributed by atoms with Crippen LogP contribution < -0.4 is 5.32 Å². The highest BCUT2D eigenvalue weighted by atomic mass is 19.1. The van der Waals surface area contributed by atoms with Crippen LogP contribution in [0.25, 0.3) is 0 Å². The average Bonchev–Trinajstić information content (AvgIpc) is 2.26. The van der Waals surface area contributed by atoms with E-state index in [9.17, 15) is 14.0 Å². The number of rotatable bonds is 3. The summed E-state index contributed by atoms with van der Waals surface area (Å²) in [7, 11) is 0. The molecule has 0 heterocycles. The van der Waals surface area contributed by atoms with Gasteiger partial charge in [-0.2, -0.15) is 0 Å². The third-order valence-corrected chi connectivity index (χ3v) is 2.48. The Balaban J connectivity index is 2.73. The van der Waals surface area contributed by atoms with Crippen molar-refractivity contribution in [2.75, 3.05) is 0 Å². The summed E-state index contributed by atoms with van der Waals surface area (Å²) in [5.74, 6) is -1.81. The topological polar surface area (TPSA) is 55.4 Å². The quantitative estimate of drug-likeness (QED) is 0.866. The lowest BCUT2D eigenvalue weighted by molar-refractivity contribution is -0.156. The van der Waals surface area contributed by atoms with E-state index in [2.05, 4.69) is 5.32 Å². The fourth-order valence-corrected chi connectivity index (χ4v) is 1.53. The van der Waals surface area contributed by atoms with Gasteiger partial charge in [-0.1, -0.05) is 6.07 Å². The van der Waals surface area contributed by atoms with E-state index >= 15 is 0 Å². The van der Waals surface area contributed by atoms with Gasteiger partial charge in [-0.15, -0.1) is 0 Å². The van der Waals surface area contributed by atoms with Crippen molar-refractivity contribution in [3.63, 3.8) is 0 Å². The molecule has 1 aromatic carbocycles. The first-order valence-electron chi connectivity index (χ1n) is 6.40. The summed E-state index contributed by atoms with van der Waals surface area (Å²) in [6, 6.07) is 3.45. The molecular formula is C15H20FNO3. The van der Waals surface area contributed by atoms with Crippen LogP contribution in [0.3, 0.4) is 0 Å². The molecule has 0 bridgehead atoms. The molecule has 0 aliphatic carbocycles. The Bertz CT molecular complexity index is 520. The van der Waals surface area contributed by atoms with Crippen LogP contribution in [0.5, 0.6) is 0 Å². The molecule has 1 atom stereocenters. The Morgan fingerprint density at radius 1 is 1.30 bits per heavy atom. The summed E-state index contributed by atoms with van der Waals surface area (Å²) in [6.45, 7) is 8.43. The number of halogens is 1. The Morgan fingerprint density at radius 3 is 2.40 bits per heavy atom. The van der Waals surface area contributed by atoms with E-state index in [1.54, 1.807) is 33.8 Å². The maximum absolute atomic E-state index is 13.6. The number of esters is 1. The van der Waals surface area contributed by atoms with E-state index in [4.69, 9.17) is 4.74 Å². The third kappa shape index (κ3) is 4.64. The van der Waals surface area contributed by atoms with Crippen molar-refractivity contribution in [3.8, 4) is 0 Å². The van der Waals surface area contributed by atoms with Crippen LogP contribution in [0.1, 0.15) is 43.6 Å². The van der Waals surface area contributed by atoms with Gasteiger partial charge in [0.25, 0.3) is 5.91 Å². The molecule has 0 saturated heterocycles. The second-order valence-corrected chi connectivity index (χ2v) is 5.71. The molecule has 20 heavy (non-hydrogen) atoms. The summed E-state index contributed by atoms with van der Waals surface area (Å²) in [5.41, 5.74) is -0.00389. The molecule has 0 aliphatic heterocycles. The molecule has 1 amide bonds. The van der Waals surface area contributed by atoms with Crippen molar-refractivity contribution in [3.05, 3.63) is 35.1 Å². The molecule has 0 radical (unpaired) electrons. The maximum Gasteiger partial charge on any atom is 0.328 e. The fraction of sp³-hybridized carbons (Fsp3) is 0.467. The Labute approximate surface area is 118 Å². The molecule has 4 nitrogen and oxygen atoms in total. The van der Waals surface area contributed by atoms with Gasteiger partial charge in [0, 0.05) is 0 Å². The highest BCUT2D eigenvalue weighted by Gasteiger charge is 2.24. The van der Waals surface area contributed by atoms with E-state index in [1.165, 1.54) is 19.1 Å². The zero-order valence-corrected chi connectivity index (χ0v) is 12.4. The van der Waals surface area contributed by atoms with Gasteiger partial charge in [0.05, 0.1) is 5.56 Å². The smallest absolute Gasteiger partial charge is 0.328 e. The van der Waals surface area contributed by atoms with Crippen molar-refractivity contribution >= 4 is 11.9 Å². The number of hydrogen-bond acceptors (Lipinski definition) is 3. The Morgan fingerprint density at radius 2 is 1.90 bits per heavy atom. The summed E-state index contributed by atoms with van der Waals surface area (Å²) < 4.78 is 18.8. The van der Waals surface area contributed by atoms with E-state index in [0.717, 1.165) is 5.56 Å². The van der Waals surface area contributed by atoms with Crippen molar-refractivity contribution in [1.82, 2.24) is 5.32 Å². The van der Waals surface area contributed by atoms with E-state index in [1.807, 2.05) is 0 Å². The predicted molar refractivity (Wildman–Crippen MR) is 73.9 cm³/mol. The first-order chi connectivity index (χ1) is 9.10. The third-order valence-electron chi connectivity index (χ3n) is 2.48. The number of carbonyl (C=O) groups excluding carboxylic acids is 2. The lowest BCUT2D eigenvalue weighted by atomic mass is 10.1. The molecule has 0 aliphatic rings. The molecular weight excluding hydrogens is 261 g/mol. The molecule has 1 aromatic rings. The normalized spacial score (nSPS) is 12.7. The summed E-state index contributed by atoms with van der Waals surface area (Å²) in [6.07, 6.45) is 0. The average molecular weight is 281 g/mol. The van der Waals surface area contributed by atoms with Gasteiger partial charge in [0.2, 0.25) is 0 Å². The second kappa shape index (κ2) is 6.03. The minimum absolute atomic E-state index is 0.0917. The fourth-order valence-electron chi connectivity index (χ4n) is 1.53. The number of carbonyl (C=O) groups is 2. The van der Waals surface area contributed by atoms with Gasteiger partial charge in [-0.05, 0) is 52.3 Å². The van der Waals surface area contributed by atoms with Gasteiger partial charge in [0.15, 0.2) is 0 Å². The molecule has 1 N–H and O–H groups in total. The summed E-state index contributed by atoms with van der Waals surface area (Å²) in [5, 5.41) is 2.43. The standard InChI is InChI=1S/C15H20FNO3/c1-9-6-7-11(12(16)8-9)13(18)17-10(2)14(19)20-15(3,4)5/h6-8,10H,1-5H3,(H,17,18)/t10-/m1/s1. The summed E-state index contributed by atoms with van der Waals surface area (Å²) in [4.78, 5) is 23.6. The Kier molecular flexibility index (Phi) is 4.87. The first kappa shape index (κ1) is 16.1. The van der Waals surface area contributed by atoms with Crippen molar-refractivity contribution in [2.45, 2.75) is 46.3 Å². The molecule has 0 spiro atoms. The SMILES string of the molecule is Cc1ccc(C(=O)N[C@H](C)C(=O)OC(C)(C)C)c(F)c1. The predicted octanol–water partition coefficient (Wildman–Crippen LogP) is 2.59. The minimum atomic E-state index is -0.845. The van der Waals surface area contributed by atoms with Gasteiger partial charge in [-0.25, -0.2) is 9.18 Å². The summed E-state index contributed by atoms with van der Waals surface area (Å²) >= 11 is 0. The minimum Gasteiger partial charge on any atom is -0.458 e. The van der Waals surface area contributed by atoms with E-state index in [0.29, 0.717) is 0 Å². The molecule has 0 fully saturated rings. The van der Waals surface area contributed by atoms with Crippen LogP contribution in [-0.2, 0) is 9.53 Å². The Hall–Kier alpha value is -1.91. The van der Waals surface area contributed by atoms with Crippen LogP contribution in [0.4, 0.5) is 4.39 Å². The number of aryl methyl sites for hydroxylation is 1. The van der Waals surface area contributed by atoms with Gasteiger partial charge in [0.1, 0.15) is 17.5 Å². The molecule has 5 heteroatoms. The van der Waals surface area contributed by atoms with Crippen LogP contribution >= 0.6 is 0 Å². The van der Waals surface area contributed by atoms with Gasteiger partial charge >= 0.3 is 5.97 Å². The number of ether oxygens (including phenoxy) is 1. The van der Waals surface area contributed by atoms with Crippen molar-refractivity contribution in [2.24, 2.45) is 0 Å². The van der Waals surface area contributed by atoms with E-state index < -0.39 is 29.3 Å². The van der Waals surface area contributed by atoms with Gasteiger partial charge < -0.3 is 10.1 Å². The molecule has 0 unspecified atom stereocenters. The molecule has 110 valence electrons.